The van der Waals surface area contributed by atoms with Crippen molar-refractivity contribution >= 4 is 0 Å². The number of hydrogen-bond acceptors (Lipinski definition) is 3. The molecule has 1 fully saturated rings. The van der Waals surface area contributed by atoms with Crippen LogP contribution in [0.15, 0.2) is 11.8 Å². The summed E-state index contributed by atoms with van der Waals surface area (Å²) in [6.07, 6.45) is 6.71. The van der Waals surface area contributed by atoms with Gasteiger partial charge in [-0.15, -0.1) is 0 Å². The predicted octanol–water partition coefficient (Wildman–Crippen LogP) is 1.18. The lowest BCUT2D eigenvalue weighted by Crippen LogP contribution is -2.41. The third-order valence-corrected chi connectivity index (χ3v) is 3.38. The van der Waals surface area contributed by atoms with E-state index in [4.69, 9.17) is 4.74 Å². The maximum absolute atomic E-state index is 10.4. The molecule has 2 aliphatic rings. The Morgan fingerprint density at radius 1 is 1.50 bits per heavy atom. The van der Waals surface area contributed by atoms with E-state index in [1.54, 1.807) is 0 Å². The summed E-state index contributed by atoms with van der Waals surface area (Å²) in [6, 6.07) is 0.567. The Hall–Kier alpha value is -0.540. The van der Waals surface area contributed by atoms with E-state index in [1.807, 2.05) is 13.1 Å². The molecule has 14 heavy (non-hydrogen) atoms. The summed E-state index contributed by atoms with van der Waals surface area (Å²) in [4.78, 5) is 0. The maximum atomic E-state index is 10.4. The van der Waals surface area contributed by atoms with Gasteiger partial charge in [-0.2, -0.15) is 0 Å². The summed E-state index contributed by atoms with van der Waals surface area (Å²) in [5.41, 5.74) is -0.663. The molecule has 1 aliphatic carbocycles. The Kier molecular flexibility index (Phi) is 2.79. The number of nitrogens with one attached hydrogen (secondary N) is 1. The van der Waals surface area contributed by atoms with E-state index < -0.39 is 5.60 Å². The molecule has 0 amide bonds. The quantitative estimate of drug-likeness (QED) is 0.698. The smallest absolute Gasteiger partial charge is 0.124 e. The zero-order chi connectivity index (χ0) is 10.0. The Bertz CT molecular complexity index is 229. The van der Waals surface area contributed by atoms with Crippen LogP contribution in [0, 0.1) is 0 Å². The van der Waals surface area contributed by atoms with Crippen LogP contribution in [-0.2, 0) is 4.74 Å². The van der Waals surface area contributed by atoms with Gasteiger partial charge in [-0.3, -0.25) is 0 Å². The van der Waals surface area contributed by atoms with E-state index in [2.05, 4.69) is 5.32 Å². The van der Waals surface area contributed by atoms with Gasteiger partial charge in [-0.1, -0.05) is 0 Å². The molecule has 3 heteroatoms. The first-order valence-corrected chi connectivity index (χ1v) is 5.48. The normalized spacial score (nSPS) is 37.9. The van der Waals surface area contributed by atoms with Gasteiger partial charge in [-0.05, 0) is 38.8 Å². The monoisotopic (exact) mass is 197 g/mol. The number of ether oxygens (including phenoxy) is 1. The summed E-state index contributed by atoms with van der Waals surface area (Å²) in [7, 11) is 1.99. The van der Waals surface area contributed by atoms with Crippen LogP contribution in [0.4, 0.5) is 0 Å². The minimum Gasteiger partial charge on any atom is -0.495 e. The molecule has 0 spiro atoms. The Labute approximate surface area is 85.1 Å². The highest BCUT2D eigenvalue weighted by atomic mass is 16.5. The molecule has 0 unspecified atom stereocenters. The van der Waals surface area contributed by atoms with Crippen LogP contribution >= 0.6 is 0 Å². The van der Waals surface area contributed by atoms with Crippen molar-refractivity contribution in [2.45, 2.75) is 43.7 Å². The maximum Gasteiger partial charge on any atom is 0.124 e. The molecule has 3 nitrogen and oxygen atoms in total. The molecule has 0 aromatic rings. The zero-order valence-electron chi connectivity index (χ0n) is 8.75. The molecular weight excluding hydrogens is 178 g/mol. The fourth-order valence-corrected chi connectivity index (χ4v) is 2.37. The van der Waals surface area contributed by atoms with Gasteiger partial charge in [0.25, 0.3) is 0 Å². The molecule has 0 aromatic heterocycles. The van der Waals surface area contributed by atoms with Crippen LogP contribution in [0.2, 0.25) is 0 Å². The summed E-state index contributed by atoms with van der Waals surface area (Å²) >= 11 is 0. The van der Waals surface area contributed by atoms with Crippen molar-refractivity contribution in [3.05, 3.63) is 11.8 Å². The minimum absolute atomic E-state index is 0.567. The lowest BCUT2D eigenvalue weighted by atomic mass is 9.81. The average molecular weight is 197 g/mol. The van der Waals surface area contributed by atoms with Crippen LogP contribution in [0.1, 0.15) is 32.1 Å². The Balaban J connectivity index is 1.97. The number of aliphatic hydroxyl groups is 1. The molecule has 0 radical (unpaired) electrons. The first kappa shape index (κ1) is 9.99. The van der Waals surface area contributed by atoms with E-state index in [9.17, 15) is 5.11 Å². The fourth-order valence-electron chi connectivity index (χ4n) is 2.37. The van der Waals surface area contributed by atoms with E-state index in [0.29, 0.717) is 6.04 Å². The van der Waals surface area contributed by atoms with E-state index in [0.717, 1.165) is 44.5 Å². The van der Waals surface area contributed by atoms with E-state index >= 15 is 0 Å². The fraction of sp³-hybridized carbons (Fsp3) is 0.818. The molecule has 2 rings (SSSR count). The number of hydrogen-bond donors (Lipinski definition) is 2. The molecule has 80 valence electrons. The van der Waals surface area contributed by atoms with Crippen LogP contribution in [-0.4, -0.2) is 30.4 Å². The minimum atomic E-state index is -0.663. The molecule has 0 saturated heterocycles. The van der Waals surface area contributed by atoms with E-state index in [-0.39, 0.29) is 0 Å². The van der Waals surface area contributed by atoms with Crippen molar-refractivity contribution in [1.29, 1.82) is 0 Å². The average Bonchev–Trinajstić information content (AvgIpc) is 2.72. The van der Waals surface area contributed by atoms with Crippen molar-refractivity contribution in [2.75, 3.05) is 13.7 Å². The van der Waals surface area contributed by atoms with Gasteiger partial charge in [0, 0.05) is 12.5 Å². The largest absolute Gasteiger partial charge is 0.495 e. The van der Waals surface area contributed by atoms with Crippen LogP contribution < -0.4 is 5.32 Å². The molecule has 0 atom stereocenters. The lowest BCUT2D eigenvalue weighted by Gasteiger charge is -2.36. The second-order valence-corrected chi connectivity index (χ2v) is 4.30. The van der Waals surface area contributed by atoms with Crippen molar-refractivity contribution in [1.82, 2.24) is 5.32 Å². The number of rotatable bonds is 2. The van der Waals surface area contributed by atoms with Gasteiger partial charge >= 0.3 is 0 Å². The van der Waals surface area contributed by atoms with Gasteiger partial charge in [0.05, 0.1) is 6.61 Å². The summed E-state index contributed by atoms with van der Waals surface area (Å²) < 4.78 is 5.46. The van der Waals surface area contributed by atoms with Crippen LogP contribution in [0.25, 0.3) is 0 Å². The summed E-state index contributed by atoms with van der Waals surface area (Å²) in [5, 5.41) is 13.6. The molecular formula is C11H19NO2. The zero-order valence-corrected chi connectivity index (χ0v) is 8.75. The Morgan fingerprint density at radius 2 is 2.21 bits per heavy atom. The van der Waals surface area contributed by atoms with Crippen molar-refractivity contribution in [2.24, 2.45) is 0 Å². The van der Waals surface area contributed by atoms with Gasteiger partial charge < -0.3 is 15.2 Å². The topological polar surface area (TPSA) is 41.5 Å². The molecule has 2 N–H and O–H groups in total. The molecule has 0 aromatic carbocycles. The van der Waals surface area contributed by atoms with E-state index in [1.165, 1.54) is 0 Å². The highest BCUT2D eigenvalue weighted by Gasteiger charge is 2.38. The van der Waals surface area contributed by atoms with Gasteiger partial charge in [0.15, 0.2) is 0 Å². The highest BCUT2D eigenvalue weighted by molar-refractivity contribution is 5.14. The SMILES string of the molecule is CNC1CCC(O)(C2=CCCO2)CC1. The lowest BCUT2D eigenvalue weighted by molar-refractivity contribution is -0.0152. The van der Waals surface area contributed by atoms with Gasteiger partial charge in [0.1, 0.15) is 11.4 Å². The van der Waals surface area contributed by atoms with Crippen LogP contribution in [0.5, 0.6) is 0 Å². The highest BCUT2D eigenvalue weighted by Crippen LogP contribution is 2.36. The van der Waals surface area contributed by atoms with Gasteiger partial charge in [-0.25, -0.2) is 0 Å². The molecule has 0 bridgehead atoms. The third-order valence-electron chi connectivity index (χ3n) is 3.38. The second kappa shape index (κ2) is 3.91. The summed E-state index contributed by atoms with van der Waals surface area (Å²) in [5.74, 6) is 0.826. The molecule has 1 aliphatic heterocycles. The first-order chi connectivity index (χ1) is 6.74. The first-order valence-electron chi connectivity index (χ1n) is 5.48. The van der Waals surface area contributed by atoms with Crippen molar-refractivity contribution < 1.29 is 9.84 Å². The summed E-state index contributed by atoms with van der Waals surface area (Å²) in [6.45, 7) is 0.743. The molecule has 1 saturated carbocycles. The van der Waals surface area contributed by atoms with Crippen LogP contribution in [0.3, 0.4) is 0 Å². The molecule has 1 heterocycles. The van der Waals surface area contributed by atoms with Crippen molar-refractivity contribution in [3.8, 4) is 0 Å². The predicted molar refractivity (Wildman–Crippen MR) is 54.9 cm³/mol. The Morgan fingerprint density at radius 3 is 2.71 bits per heavy atom. The third kappa shape index (κ3) is 1.79. The van der Waals surface area contributed by atoms with Crippen molar-refractivity contribution in [3.63, 3.8) is 0 Å². The standard InChI is InChI=1S/C11H19NO2/c1-12-9-4-6-11(13,7-5-9)10-3-2-8-14-10/h3,9,12-13H,2,4-8H2,1H3. The second-order valence-electron chi connectivity index (χ2n) is 4.30. The van der Waals surface area contributed by atoms with Gasteiger partial charge in [0.2, 0.25) is 0 Å².